The van der Waals surface area contributed by atoms with E-state index in [1.165, 1.54) is 5.56 Å². The number of carbonyl (C=O) groups excluding carboxylic acids is 1. The number of nitrogens with zero attached hydrogens (tertiary/aromatic N) is 1. The summed E-state index contributed by atoms with van der Waals surface area (Å²) in [5.74, 6) is 0.547. The van der Waals surface area contributed by atoms with Crippen molar-refractivity contribution in [2.24, 2.45) is 0 Å². The molecule has 6 heteroatoms. The fourth-order valence-corrected chi connectivity index (χ4v) is 3.81. The first-order valence-electron chi connectivity index (χ1n) is 11.5. The van der Waals surface area contributed by atoms with Crippen molar-refractivity contribution in [1.82, 2.24) is 10.3 Å². The Kier molecular flexibility index (Phi) is 6.98. The quantitative estimate of drug-likeness (QED) is 0.331. The van der Waals surface area contributed by atoms with Crippen LogP contribution in [-0.2, 0) is 18.4 Å². The van der Waals surface area contributed by atoms with E-state index in [4.69, 9.17) is 9.15 Å². The molecule has 176 valence electrons. The van der Waals surface area contributed by atoms with E-state index in [2.05, 4.69) is 36.4 Å². The second-order valence-corrected chi connectivity index (χ2v) is 9.31. The number of rotatable bonds is 8. The average molecular weight is 458 g/mol. The molecular weight excluding hydrogens is 426 g/mol. The zero-order chi connectivity index (χ0) is 24.1. The highest BCUT2D eigenvalue weighted by atomic mass is 16.5. The number of fused-ring (bicyclic) bond motifs is 1. The Morgan fingerprint density at radius 1 is 1.06 bits per heavy atom. The van der Waals surface area contributed by atoms with Gasteiger partial charge in [-0.25, -0.2) is 0 Å². The first-order valence-corrected chi connectivity index (χ1v) is 11.5. The molecule has 2 aromatic carbocycles. The SMILES string of the molecule is COc1ccc(CNCCc2ccccn2)c2cc(C(=O)Nc3ccc(C(C)(C)C)cc3)oc12. The second-order valence-electron chi connectivity index (χ2n) is 9.31. The van der Waals surface area contributed by atoms with Gasteiger partial charge in [-0.2, -0.15) is 0 Å². The van der Waals surface area contributed by atoms with Crippen LogP contribution in [0.3, 0.4) is 0 Å². The summed E-state index contributed by atoms with van der Waals surface area (Å²) >= 11 is 0. The number of ether oxygens (including phenoxy) is 1. The molecule has 6 nitrogen and oxygen atoms in total. The highest BCUT2D eigenvalue weighted by molar-refractivity contribution is 6.05. The molecule has 0 bridgehead atoms. The fourth-order valence-electron chi connectivity index (χ4n) is 3.81. The van der Waals surface area contributed by atoms with Crippen LogP contribution in [0, 0.1) is 0 Å². The van der Waals surface area contributed by atoms with Gasteiger partial charge in [0.15, 0.2) is 17.1 Å². The molecule has 0 aliphatic rings. The van der Waals surface area contributed by atoms with Crippen LogP contribution in [-0.4, -0.2) is 24.5 Å². The van der Waals surface area contributed by atoms with Gasteiger partial charge in [0.2, 0.25) is 0 Å². The topological polar surface area (TPSA) is 76.4 Å². The Morgan fingerprint density at radius 2 is 1.85 bits per heavy atom. The van der Waals surface area contributed by atoms with Crippen LogP contribution < -0.4 is 15.4 Å². The van der Waals surface area contributed by atoms with Crippen molar-refractivity contribution in [3.8, 4) is 5.75 Å². The molecule has 2 aromatic heterocycles. The lowest BCUT2D eigenvalue weighted by Gasteiger charge is -2.19. The summed E-state index contributed by atoms with van der Waals surface area (Å²) in [5.41, 5.74) is 4.64. The zero-order valence-corrected chi connectivity index (χ0v) is 20.1. The van der Waals surface area contributed by atoms with Gasteiger partial charge in [0, 0.05) is 42.5 Å². The molecular formula is C28H31N3O3. The van der Waals surface area contributed by atoms with Crippen molar-refractivity contribution >= 4 is 22.6 Å². The van der Waals surface area contributed by atoms with E-state index >= 15 is 0 Å². The average Bonchev–Trinajstić information content (AvgIpc) is 3.28. The number of hydrogen-bond acceptors (Lipinski definition) is 5. The highest BCUT2D eigenvalue weighted by Gasteiger charge is 2.18. The molecule has 0 saturated carbocycles. The van der Waals surface area contributed by atoms with Crippen molar-refractivity contribution in [3.63, 3.8) is 0 Å². The van der Waals surface area contributed by atoms with E-state index in [1.807, 2.05) is 54.6 Å². The third-order valence-electron chi connectivity index (χ3n) is 5.79. The van der Waals surface area contributed by atoms with E-state index in [-0.39, 0.29) is 17.1 Å². The number of aromatic nitrogens is 1. The lowest BCUT2D eigenvalue weighted by molar-refractivity contribution is 0.0998. The van der Waals surface area contributed by atoms with E-state index < -0.39 is 0 Å². The van der Waals surface area contributed by atoms with Gasteiger partial charge in [0.05, 0.1) is 7.11 Å². The van der Waals surface area contributed by atoms with E-state index in [1.54, 1.807) is 19.4 Å². The molecule has 2 heterocycles. The summed E-state index contributed by atoms with van der Waals surface area (Å²) in [5, 5.41) is 7.24. The minimum atomic E-state index is -0.296. The molecule has 4 aromatic rings. The predicted molar refractivity (Wildman–Crippen MR) is 136 cm³/mol. The van der Waals surface area contributed by atoms with Gasteiger partial charge in [0.1, 0.15) is 0 Å². The molecule has 0 atom stereocenters. The number of methoxy groups -OCH3 is 1. The summed E-state index contributed by atoms with van der Waals surface area (Å²) < 4.78 is 11.4. The summed E-state index contributed by atoms with van der Waals surface area (Å²) in [6.07, 6.45) is 2.65. The number of anilines is 1. The van der Waals surface area contributed by atoms with Crippen LogP contribution in [0.4, 0.5) is 5.69 Å². The molecule has 0 fully saturated rings. The first kappa shape index (κ1) is 23.5. The number of amides is 1. The Balaban J connectivity index is 1.48. The molecule has 0 unspecified atom stereocenters. The second kappa shape index (κ2) is 10.1. The molecule has 0 aliphatic carbocycles. The van der Waals surface area contributed by atoms with Crippen LogP contribution in [0.25, 0.3) is 11.0 Å². The summed E-state index contributed by atoms with van der Waals surface area (Å²) in [7, 11) is 1.60. The smallest absolute Gasteiger partial charge is 0.291 e. The molecule has 0 radical (unpaired) electrons. The van der Waals surface area contributed by atoms with Gasteiger partial charge in [-0.3, -0.25) is 9.78 Å². The zero-order valence-electron chi connectivity index (χ0n) is 20.1. The van der Waals surface area contributed by atoms with Gasteiger partial charge in [-0.05, 0) is 52.9 Å². The van der Waals surface area contributed by atoms with Gasteiger partial charge < -0.3 is 19.8 Å². The monoisotopic (exact) mass is 457 g/mol. The van der Waals surface area contributed by atoms with Gasteiger partial charge >= 0.3 is 0 Å². The largest absolute Gasteiger partial charge is 0.493 e. The Labute approximate surface area is 200 Å². The molecule has 4 rings (SSSR count). The number of carbonyl (C=O) groups is 1. The number of furan rings is 1. The van der Waals surface area contributed by atoms with Gasteiger partial charge in [-0.1, -0.05) is 45.0 Å². The molecule has 0 aliphatic heterocycles. The minimum Gasteiger partial charge on any atom is -0.493 e. The summed E-state index contributed by atoms with van der Waals surface area (Å²) in [6.45, 7) is 7.91. The fraction of sp³-hybridized carbons (Fsp3) is 0.286. The van der Waals surface area contributed by atoms with Gasteiger partial charge in [-0.15, -0.1) is 0 Å². The summed E-state index contributed by atoms with van der Waals surface area (Å²) in [4.78, 5) is 17.3. The predicted octanol–water partition coefficient (Wildman–Crippen LogP) is 5.72. The maximum Gasteiger partial charge on any atom is 0.291 e. The lowest BCUT2D eigenvalue weighted by atomic mass is 9.87. The molecule has 0 saturated heterocycles. The Bertz CT molecular complexity index is 1260. The third kappa shape index (κ3) is 5.46. The lowest BCUT2D eigenvalue weighted by Crippen LogP contribution is -2.17. The first-order chi connectivity index (χ1) is 16.3. The normalized spacial score (nSPS) is 11.5. The van der Waals surface area contributed by atoms with Crippen LogP contribution in [0.15, 0.2) is 71.3 Å². The maximum absolute atomic E-state index is 12.9. The van der Waals surface area contributed by atoms with E-state index in [0.29, 0.717) is 17.9 Å². The number of benzene rings is 2. The van der Waals surface area contributed by atoms with E-state index in [9.17, 15) is 4.79 Å². The summed E-state index contributed by atoms with van der Waals surface area (Å²) in [6, 6.07) is 19.5. The standard InChI is InChI=1S/C28H31N3O3/c1-28(2,3)20-9-11-22(12-10-20)31-27(32)25-17-23-19(8-13-24(33-4)26(23)34-25)18-29-16-14-21-7-5-6-15-30-21/h5-13,15,17,29H,14,16,18H2,1-4H3,(H,31,32). The van der Waals surface area contributed by atoms with Crippen molar-refractivity contribution in [3.05, 3.63) is 89.4 Å². The number of hydrogen-bond donors (Lipinski definition) is 2. The van der Waals surface area contributed by atoms with Crippen molar-refractivity contribution < 1.29 is 13.9 Å². The highest BCUT2D eigenvalue weighted by Crippen LogP contribution is 2.32. The van der Waals surface area contributed by atoms with Crippen molar-refractivity contribution in [1.29, 1.82) is 0 Å². The van der Waals surface area contributed by atoms with Crippen LogP contribution in [0.1, 0.15) is 48.1 Å². The van der Waals surface area contributed by atoms with Crippen LogP contribution >= 0.6 is 0 Å². The van der Waals surface area contributed by atoms with Gasteiger partial charge in [0.25, 0.3) is 5.91 Å². The molecule has 2 N–H and O–H groups in total. The molecule has 0 spiro atoms. The van der Waals surface area contributed by atoms with Crippen LogP contribution in [0.2, 0.25) is 0 Å². The third-order valence-corrected chi connectivity index (χ3v) is 5.79. The Morgan fingerprint density at radius 3 is 2.53 bits per heavy atom. The Hall–Kier alpha value is -3.64. The van der Waals surface area contributed by atoms with Crippen molar-refractivity contribution in [2.45, 2.75) is 39.2 Å². The molecule has 34 heavy (non-hydrogen) atoms. The molecule has 1 amide bonds. The van der Waals surface area contributed by atoms with Crippen LogP contribution in [0.5, 0.6) is 5.75 Å². The maximum atomic E-state index is 12.9. The van der Waals surface area contributed by atoms with Crippen molar-refractivity contribution in [2.75, 3.05) is 19.0 Å². The minimum absolute atomic E-state index is 0.0554. The number of pyridine rings is 1. The number of nitrogens with one attached hydrogen (secondary N) is 2. The van der Waals surface area contributed by atoms with E-state index in [0.717, 1.165) is 35.3 Å².